The first-order valence-corrected chi connectivity index (χ1v) is 7.03. The van der Waals surface area contributed by atoms with Crippen LogP contribution in [-0.2, 0) is 0 Å². The quantitative estimate of drug-likeness (QED) is 0.796. The summed E-state index contributed by atoms with van der Waals surface area (Å²) in [6.07, 6.45) is 3.20. The molecule has 3 N–H and O–H groups in total. The Morgan fingerprint density at radius 3 is 2.55 bits per heavy atom. The van der Waals surface area contributed by atoms with Crippen LogP contribution in [0.1, 0.15) is 29.6 Å². The number of nitrogens with two attached hydrogens (primary N) is 1. The Labute approximate surface area is 120 Å². The number of nitrogen functional groups attached to an aromatic ring is 1. The summed E-state index contributed by atoms with van der Waals surface area (Å²) >= 11 is 0. The zero-order valence-electron chi connectivity index (χ0n) is 12.2. The maximum absolute atomic E-state index is 12.5. The SMILES string of the molecule is CN(C)c1ccc(C(=O)N(CCO)C2CCC2)cc1N. The third-order valence-corrected chi connectivity index (χ3v) is 3.87. The predicted octanol–water partition coefficient (Wildman–Crippen LogP) is 1.32. The van der Waals surface area contributed by atoms with Gasteiger partial charge in [-0.3, -0.25) is 4.79 Å². The number of aliphatic hydroxyl groups is 1. The van der Waals surface area contributed by atoms with Crippen LogP contribution in [0.5, 0.6) is 0 Å². The number of anilines is 2. The highest BCUT2D eigenvalue weighted by Gasteiger charge is 2.29. The van der Waals surface area contributed by atoms with Crippen LogP contribution >= 0.6 is 0 Å². The van der Waals surface area contributed by atoms with Crippen molar-refractivity contribution in [1.29, 1.82) is 0 Å². The van der Waals surface area contributed by atoms with Crippen molar-refractivity contribution in [2.24, 2.45) is 0 Å². The molecule has 1 aliphatic carbocycles. The fourth-order valence-corrected chi connectivity index (χ4v) is 2.52. The summed E-state index contributed by atoms with van der Waals surface area (Å²) in [7, 11) is 3.83. The number of hydrogen-bond donors (Lipinski definition) is 2. The van der Waals surface area contributed by atoms with E-state index in [1.54, 1.807) is 17.0 Å². The molecule has 5 heteroatoms. The summed E-state index contributed by atoms with van der Waals surface area (Å²) in [5, 5.41) is 9.15. The fourth-order valence-electron chi connectivity index (χ4n) is 2.52. The van der Waals surface area contributed by atoms with Gasteiger partial charge in [0.2, 0.25) is 0 Å². The van der Waals surface area contributed by atoms with Crippen LogP contribution < -0.4 is 10.6 Å². The Hall–Kier alpha value is -1.75. The second kappa shape index (κ2) is 6.13. The Morgan fingerprint density at radius 2 is 2.10 bits per heavy atom. The topological polar surface area (TPSA) is 69.8 Å². The first-order chi connectivity index (χ1) is 9.54. The minimum Gasteiger partial charge on any atom is -0.397 e. The third kappa shape index (κ3) is 2.88. The Morgan fingerprint density at radius 1 is 1.40 bits per heavy atom. The normalized spacial score (nSPS) is 14.8. The third-order valence-electron chi connectivity index (χ3n) is 3.87. The second-order valence-electron chi connectivity index (χ2n) is 5.47. The average Bonchev–Trinajstić information content (AvgIpc) is 2.34. The Balaban J connectivity index is 2.20. The van der Waals surface area contributed by atoms with E-state index >= 15 is 0 Å². The molecule has 20 heavy (non-hydrogen) atoms. The standard InChI is InChI=1S/C15H23N3O2/c1-17(2)14-7-6-11(10-13(14)16)15(20)18(8-9-19)12-4-3-5-12/h6-7,10,12,19H,3-5,8-9,16H2,1-2H3. The van der Waals surface area contributed by atoms with Crippen molar-refractivity contribution in [3.63, 3.8) is 0 Å². The van der Waals surface area contributed by atoms with E-state index in [1.165, 1.54) is 0 Å². The number of carbonyl (C=O) groups is 1. The molecule has 0 aliphatic heterocycles. The monoisotopic (exact) mass is 277 g/mol. The summed E-state index contributed by atoms with van der Waals surface area (Å²) < 4.78 is 0. The molecule has 0 bridgehead atoms. The van der Waals surface area contributed by atoms with Crippen molar-refractivity contribution in [1.82, 2.24) is 4.90 Å². The lowest BCUT2D eigenvalue weighted by atomic mass is 9.91. The highest BCUT2D eigenvalue weighted by Crippen LogP contribution is 2.28. The number of carbonyl (C=O) groups excluding carboxylic acids is 1. The molecule has 1 aliphatic rings. The molecule has 1 fully saturated rings. The summed E-state index contributed by atoms with van der Waals surface area (Å²) in [6.45, 7) is 0.381. The summed E-state index contributed by atoms with van der Waals surface area (Å²) in [5.74, 6) is -0.0410. The minimum absolute atomic E-state index is 0.00644. The van der Waals surface area contributed by atoms with Crippen molar-refractivity contribution in [2.75, 3.05) is 37.9 Å². The van der Waals surface area contributed by atoms with Crippen LogP contribution in [0.25, 0.3) is 0 Å². The van der Waals surface area contributed by atoms with Gasteiger partial charge in [0.1, 0.15) is 0 Å². The van der Waals surface area contributed by atoms with Gasteiger partial charge in [0.05, 0.1) is 18.0 Å². The van der Waals surface area contributed by atoms with E-state index in [9.17, 15) is 4.79 Å². The van der Waals surface area contributed by atoms with Crippen molar-refractivity contribution in [2.45, 2.75) is 25.3 Å². The second-order valence-corrected chi connectivity index (χ2v) is 5.47. The fraction of sp³-hybridized carbons (Fsp3) is 0.533. The van der Waals surface area contributed by atoms with Crippen LogP contribution in [0.4, 0.5) is 11.4 Å². The van der Waals surface area contributed by atoms with Crippen LogP contribution in [0, 0.1) is 0 Å². The van der Waals surface area contributed by atoms with Crippen LogP contribution in [0.3, 0.4) is 0 Å². The maximum atomic E-state index is 12.5. The lowest BCUT2D eigenvalue weighted by Crippen LogP contribution is -2.45. The molecule has 1 aromatic rings. The molecule has 5 nitrogen and oxygen atoms in total. The number of aliphatic hydroxyl groups excluding tert-OH is 1. The van der Waals surface area contributed by atoms with Gasteiger partial charge in [0.15, 0.2) is 0 Å². The number of amides is 1. The van der Waals surface area contributed by atoms with E-state index in [2.05, 4.69) is 0 Å². The van der Waals surface area contributed by atoms with Gasteiger partial charge in [-0.1, -0.05) is 0 Å². The molecule has 1 saturated carbocycles. The largest absolute Gasteiger partial charge is 0.397 e. The molecular weight excluding hydrogens is 254 g/mol. The number of nitrogens with zero attached hydrogens (tertiary/aromatic N) is 2. The highest BCUT2D eigenvalue weighted by atomic mass is 16.3. The number of benzene rings is 1. The molecule has 0 aromatic heterocycles. The van der Waals surface area contributed by atoms with E-state index < -0.39 is 0 Å². The Kier molecular flexibility index (Phi) is 4.49. The molecule has 0 atom stereocenters. The number of hydrogen-bond acceptors (Lipinski definition) is 4. The van der Waals surface area contributed by atoms with Crippen molar-refractivity contribution >= 4 is 17.3 Å². The van der Waals surface area contributed by atoms with Crippen LogP contribution in [-0.4, -0.2) is 49.2 Å². The lowest BCUT2D eigenvalue weighted by Gasteiger charge is -2.37. The molecular formula is C15H23N3O2. The lowest BCUT2D eigenvalue weighted by molar-refractivity contribution is 0.0526. The van der Waals surface area contributed by atoms with Gasteiger partial charge in [-0.25, -0.2) is 0 Å². The van der Waals surface area contributed by atoms with Gasteiger partial charge in [-0.15, -0.1) is 0 Å². The van der Waals surface area contributed by atoms with Gasteiger partial charge in [0, 0.05) is 32.2 Å². The van der Waals surface area contributed by atoms with E-state index in [0.717, 1.165) is 24.9 Å². The molecule has 110 valence electrons. The van der Waals surface area contributed by atoms with Crippen LogP contribution in [0.15, 0.2) is 18.2 Å². The van der Waals surface area contributed by atoms with Crippen molar-refractivity contribution in [3.05, 3.63) is 23.8 Å². The molecule has 0 spiro atoms. The summed E-state index contributed by atoms with van der Waals surface area (Å²) in [4.78, 5) is 16.2. The van der Waals surface area contributed by atoms with E-state index in [4.69, 9.17) is 10.8 Å². The number of rotatable bonds is 5. The van der Waals surface area contributed by atoms with E-state index in [0.29, 0.717) is 17.8 Å². The first kappa shape index (κ1) is 14.7. The smallest absolute Gasteiger partial charge is 0.254 e. The van der Waals surface area contributed by atoms with Gasteiger partial charge in [-0.2, -0.15) is 0 Å². The average molecular weight is 277 g/mol. The molecule has 1 aromatic carbocycles. The van der Waals surface area contributed by atoms with Gasteiger partial charge in [-0.05, 0) is 37.5 Å². The molecule has 0 unspecified atom stereocenters. The van der Waals surface area contributed by atoms with Gasteiger partial charge >= 0.3 is 0 Å². The summed E-state index contributed by atoms with van der Waals surface area (Å²) in [5.41, 5.74) is 8.08. The van der Waals surface area contributed by atoms with E-state index in [-0.39, 0.29) is 18.6 Å². The molecule has 1 amide bonds. The molecule has 0 heterocycles. The van der Waals surface area contributed by atoms with Crippen molar-refractivity contribution in [3.8, 4) is 0 Å². The zero-order chi connectivity index (χ0) is 14.7. The Bertz CT molecular complexity index is 484. The molecule has 0 radical (unpaired) electrons. The molecule has 0 saturated heterocycles. The van der Waals surface area contributed by atoms with E-state index in [1.807, 2.05) is 25.1 Å². The highest BCUT2D eigenvalue weighted by molar-refractivity contribution is 5.96. The molecule has 2 rings (SSSR count). The van der Waals surface area contributed by atoms with Crippen molar-refractivity contribution < 1.29 is 9.90 Å². The maximum Gasteiger partial charge on any atom is 0.254 e. The summed E-state index contributed by atoms with van der Waals surface area (Å²) in [6, 6.07) is 5.66. The predicted molar refractivity (Wildman–Crippen MR) is 80.9 cm³/mol. The first-order valence-electron chi connectivity index (χ1n) is 7.03. The van der Waals surface area contributed by atoms with Gasteiger partial charge < -0.3 is 20.6 Å². The minimum atomic E-state index is -0.0410. The van der Waals surface area contributed by atoms with Crippen LogP contribution in [0.2, 0.25) is 0 Å². The van der Waals surface area contributed by atoms with Gasteiger partial charge in [0.25, 0.3) is 5.91 Å². The zero-order valence-corrected chi connectivity index (χ0v) is 12.2.